The minimum atomic E-state index is 0.762. The fourth-order valence-electron chi connectivity index (χ4n) is 0.966. The number of hydrogen-bond donors (Lipinski definition) is 3. The van der Waals surface area contributed by atoms with Gasteiger partial charge in [0.2, 0.25) is 0 Å². The van der Waals surface area contributed by atoms with Crippen molar-refractivity contribution in [1.82, 2.24) is 16.0 Å². The van der Waals surface area contributed by atoms with Gasteiger partial charge in [0.1, 0.15) is 0 Å². The van der Waals surface area contributed by atoms with Crippen molar-refractivity contribution in [2.75, 3.05) is 66.7 Å². The molecule has 0 heterocycles. The molecular formula is C10H25N3O2. The van der Waals surface area contributed by atoms with Crippen LogP contribution >= 0.6 is 0 Å². The summed E-state index contributed by atoms with van der Waals surface area (Å²) in [6, 6.07) is 0. The monoisotopic (exact) mass is 219 g/mol. The lowest BCUT2D eigenvalue weighted by molar-refractivity contribution is 0.124. The highest BCUT2D eigenvalue weighted by Crippen LogP contribution is 1.74. The lowest BCUT2D eigenvalue weighted by atomic mass is 10.6. The van der Waals surface area contributed by atoms with Gasteiger partial charge in [-0.15, -0.1) is 0 Å². The summed E-state index contributed by atoms with van der Waals surface area (Å²) in [6.45, 7) is 6.67. The van der Waals surface area contributed by atoms with Crippen molar-refractivity contribution in [2.45, 2.75) is 0 Å². The van der Waals surface area contributed by atoms with Gasteiger partial charge in [0.05, 0.1) is 26.4 Å². The predicted molar refractivity (Wildman–Crippen MR) is 62.4 cm³/mol. The van der Waals surface area contributed by atoms with Gasteiger partial charge >= 0.3 is 0 Å². The molecule has 0 aromatic heterocycles. The fourth-order valence-corrected chi connectivity index (χ4v) is 0.966. The van der Waals surface area contributed by atoms with Gasteiger partial charge in [0.25, 0.3) is 0 Å². The van der Waals surface area contributed by atoms with Gasteiger partial charge in [0.15, 0.2) is 0 Å². The van der Waals surface area contributed by atoms with Crippen molar-refractivity contribution in [3.05, 3.63) is 0 Å². The van der Waals surface area contributed by atoms with Gasteiger partial charge in [-0.05, 0) is 14.1 Å². The summed E-state index contributed by atoms with van der Waals surface area (Å²) in [4.78, 5) is 0. The molecule has 5 nitrogen and oxygen atoms in total. The molecule has 0 amide bonds. The van der Waals surface area contributed by atoms with E-state index in [9.17, 15) is 0 Å². The Kier molecular flexibility index (Phi) is 13.6. The summed E-state index contributed by atoms with van der Waals surface area (Å²) in [6.07, 6.45) is 0. The Bertz CT molecular complexity index is 103. The summed E-state index contributed by atoms with van der Waals surface area (Å²) in [5.74, 6) is 0. The first-order valence-corrected chi connectivity index (χ1v) is 5.57. The molecule has 0 saturated heterocycles. The van der Waals surface area contributed by atoms with Crippen LogP contribution in [0, 0.1) is 0 Å². The number of ether oxygens (including phenoxy) is 2. The maximum Gasteiger partial charge on any atom is 0.0591 e. The first-order valence-electron chi connectivity index (χ1n) is 5.57. The quantitative estimate of drug-likeness (QED) is 0.369. The molecule has 0 aromatic rings. The third-order valence-electron chi connectivity index (χ3n) is 1.84. The van der Waals surface area contributed by atoms with E-state index < -0.39 is 0 Å². The molecule has 0 rings (SSSR count). The van der Waals surface area contributed by atoms with E-state index in [2.05, 4.69) is 16.0 Å². The SMILES string of the molecule is CNCCOCCNCCOCCNC. The van der Waals surface area contributed by atoms with Crippen molar-refractivity contribution in [3.63, 3.8) is 0 Å². The highest BCUT2D eigenvalue weighted by atomic mass is 16.5. The van der Waals surface area contributed by atoms with Crippen LogP contribution in [0.5, 0.6) is 0 Å². The van der Waals surface area contributed by atoms with Gasteiger partial charge in [-0.3, -0.25) is 0 Å². The first-order chi connectivity index (χ1) is 7.41. The molecule has 0 radical (unpaired) electrons. The Balaban J connectivity index is 2.81. The van der Waals surface area contributed by atoms with E-state index >= 15 is 0 Å². The normalized spacial score (nSPS) is 10.8. The van der Waals surface area contributed by atoms with Crippen LogP contribution in [0.1, 0.15) is 0 Å². The van der Waals surface area contributed by atoms with Crippen LogP contribution in [0.3, 0.4) is 0 Å². The van der Waals surface area contributed by atoms with Crippen LogP contribution in [0.15, 0.2) is 0 Å². The summed E-state index contributed by atoms with van der Waals surface area (Å²) < 4.78 is 10.7. The van der Waals surface area contributed by atoms with E-state index in [1.54, 1.807) is 0 Å². The first kappa shape index (κ1) is 14.8. The summed E-state index contributed by atoms with van der Waals surface area (Å²) in [5, 5.41) is 9.30. The summed E-state index contributed by atoms with van der Waals surface area (Å²) >= 11 is 0. The predicted octanol–water partition coefficient (Wildman–Crippen LogP) is -0.952. The smallest absolute Gasteiger partial charge is 0.0591 e. The Labute approximate surface area is 92.9 Å². The second kappa shape index (κ2) is 13.8. The van der Waals surface area contributed by atoms with Crippen LogP contribution in [0.4, 0.5) is 0 Å². The van der Waals surface area contributed by atoms with Gasteiger partial charge in [-0.2, -0.15) is 0 Å². The molecule has 0 aromatic carbocycles. The van der Waals surface area contributed by atoms with E-state index in [0.29, 0.717) is 0 Å². The molecule has 0 aliphatic rings. The third kappa shape index (κ3) is 13.8. The lowest BCUT2D eigenvalue weighted by Gasteiger charge is -2.06. The molecule has 0 bridgehead atoms. The van der Waals surface area contributed by atoms with Gasteiger partial charge in [0, 0.05) is 26.2 Å². The molecule has 0 aliphatic carbocycles. The van der Waals surface area contributed by atoms with Crippen LogP contribution in [0.25, 0.3) is 0 Å². The molecule has 0 saturated carbocycles. The Hall–Kier alpha value is -0.200. The van der Waals surface area contributed by atoms with Crippen molar-refractivity contribution < 1.29 is 9.47 Å². The highest BCUT2D eigenvalue weighted by molar-refractivity contribution is 4.46. The topological polar surface area (TPSA) is 54.5 Å². The molecule has 5 heteroatoms. The molecule has 0 unspecified atom stereocenters. The molecule has 3 N–H and O–H groups in total. The zero-order chi connectivity index (χ0) is 11.2. The van der Waals surface area contributed by atoms with Gasteiger partial charge < -0.3 is 25.4 Å². The average molecular weight is 219 g/mol. The summed E-state index contributed by atoms with van der Waals surface area (Å²) in [5.41, 5.74) is 0. The number of rotatable bonds is 12. The number of nitrogens with one attached hydrogen (secondary N) is 3. The van der Waals surface area contributed by atoms with Gasteiger partial charge in [-0.25, -0.2) is 0 Å². The second-order valence-electron chi connectivity index (χ2n) is 3.18. The zero-order valence-corrected chi connectivity index (χ0v) is 9.97. The van der Waals surface area contributed by atoms with Crippen molar-refractivity contribution in [1.29, 1.82) is 0 Å². The second-order valence-corrected chi connectivity index (χ2v) is 3.18. The van der Waals surface area contributed by atoms with Crippen LogP contribution in [-0.2, 0) is 9.47 Å². The third-order valence-corrected chi connectivity index (χ3v) is 1.84. The highest BCUT2D eigenvalue weighted by Gasteiger charge is 1.89. The maximum atomic E-state index is 5.34. The van der Waals surface area contributed by atoms with E-state index in [1.807, 2.05) is 14.1 Å². The largest absolute Gasteiger partial charge is 0.379 e. The molecule has 0 fully saturated rings. The van der Waals surface area contributed by atoms with E-state index in [4.69, 9.17) is 9.47 Å². The fraction of sp³-hybridized carbons (Fsp3) is 1.00. The lowest BCUT2D eigenvalue weighted by Crippen LogP contribution is -2.26. The minimum absolute atomic E-state index is 0.762. The van der Waals surface area contributed by atoms with Crippen molar-refractivity contribution in [3.8, 4) is 0 Å². The maximum absolute atomic E-state index is 5.34. The average Bonchev–Trinajstić information content (AvgIpc) is 2.26. The van der Waals surface area contributed by atoms with E-state index in [-0.39, 0.29) is 0 Å². The molecular weight excluding hydrogens is 194 g/mol. The van der Waals surface area contributed by atoms with Crippen molar-refractivity contribution in [2.24, 2.45) is 0 Å². The minimum Gasteiger partial charge on any atom is -0.379 e. The summed E-state index contributed by atoms with van der Waals surface area (Å²) in [7, 11) is 3.84. The zero-order valence-electron chi connectivity index (χ0n) is 9.97. The molecule has 92 valence electrons. The molecule has 0 aliphatic heterocycles. The molecule has 0 spiro atoms. The van der Waals surface area contributed by atoms with Crippen LogP contribution < -0.4 is 16.0 Å². The standard InChI is InChI=1S/C10H25N3O2/c1-11-3-7-14-9-5-13-6-10-15-8-4-12-2/h11-13H,3-10H2,1-2H3. The van der Waals surface area contributed by atoms with E-state index in [0.717, 1.165) is 52.6 Å². The van der Waals surface area contributed by atoms with Gasteiger partial charge in [-0.1, -0.05) is 0 Å². The Morgan fingerprint density at radius 1 is 0.667 bits per heavy atom. The number of likely N-dealkylation sites (N-methyl/N-ethyl adjacent to an activating group) is 2. The van der Waals surface area contributed by atoms with E-state index in [1.165, 1.54) is 0 Å². The van der Waals surface area contributed by atoms with Crippen molar-refractivity contribution >= 4 is 0 Å². The number of hydrogen-bond acceptors (Lipinski definition) is 5. The Morgan fingerprint density at radius 2 is 1.07 bits per heavy atom. The molecule has 15 heavy (non-hydrogen) atoms. The van der Waals surface area contributed by atoms with Crippen LogP contribution in [-0.4, -0.2) is 66.7 Å². The molecule has 0 atom stereocenters. The Morgan fingerprint density at radius 3 is 1.47 bits per heavy atom. The van der Waals surface area contributed by atoms with Crippen LogP contribution in [0.2, 0.25) is 0 Å².